The first-order valence-corrected chi connectivity index (χ1v) is 9.43. The molecule has 2 bridgehead atoms. The summed E-state index contributed by atoms with van der Waals surface area (Å²) in [6.07, 6.45) is 6.66. The molecule has 0 radical (unpaired) electrons. The van der Waals surface area contributed by atoms with Gasteiger partial charge in [0.15, 0.2) is 0 Å². The van der Waals surface area contributed by atoms with E-state index in [2.05, 4.69) is 32.2 Å². The van der Waals surface area contributed by atoms with E-state index in [1.807, 2.05) is 0 Å². The number of halogens is 1. The highest BCUT2D eigenvalue weighted by Gasteiger charge is 2.51. The summed E-state index contributed by atoms with van der Waals surface area (Å²) in [5, 5.41) is 3.00. The summed E-state index contributed by atoms with van der Waals surface area (Å²) < 4.78 is 13.3. The van der Waals surface area contributed by atoms with Gasteiger partial charge in [0, 0.05) is 18.8 Å². The fourth-order valence-electron chi connectivity index (χ4n) is 4.21. The minimum atomic E-state index is -0.282. The Kier molecular flexibility index (Phi) is 5.16. The summed E-state index contributed by atoms with van der Waals surface area (Å²) in [5.74, 6) is 1.05. The van der Waals surface area contributed by atoms with E-state index < -0.39 is 0 Å². The quantitative estimate of drug-likeness (QED) is 0.563. The molecular weight excluding hydrogens is 315 g/mol. The summed E-state index contributed by atoms with van der Waals surface area (Å²) in [5.41, 5.74) is 2.43. The standard InChI is InChI=1S/C21H29FN2O/c1-4-5-12-23-20(25)24(18-10-8-17(22)9-11-18)14-15-6-7-16-13-19(15)21(16,2)3/h6,8-11,16,19H,4-5,7,12-14H2,1-3H3,(H,23,25). The van der Waals surface area contributed by atoms with Gasteiger partial charge in [-0.25, -0.2) is 9.18 Å². The van der Waals surface area contributed by atoms with Gasteiger partial charge < -0.3 is 5.32 Å². The average Bonchev–Trinajstić information content (AvgIpc) is 2.60. The molecule has 1 fully saturated rings. The zero-order valence-electron chi connectivity index (χ0n) is 15.5. The summed E-state index contributed by atoms with van der Waals surface area (Å²) in [6.45, 7) is 8.03. The summed E-state index contributed by atoms with van der Waals surface area (Å²) in [6, 6.07) is 6.11. The lowest BCUT2D eigenvalue weighted by Gasteiger charge is -2.57. The number of anilines is 1. The molecule has 1 aromatic rings. The molecule has 25 heavy (non-hydrogen) atoms. The monoisotopic (exact) mass is 344 g/mol. The second-order valence-electron chi connectivity index (χ2n) is 7.97. The van der Waals surface area contributed by atoms with Crippen molar-refractivity contribution in [2.24, 2.45) is 17.3 Å². The number of urea groups is 1. The number of unbranched alkanes of at least 4 members (excludes halogenated alkanes) is 1. The molecule has 0 saturated heterocycles. The molecule has 0 spiro atoms. The third-order valence-electron chi connectivity index (χ3n) is 6.11. The SMILES string of the molecule is CCCCNC(=O)N(CC1=CCC2CC1C2(C)C)c1ccc(F)cc1. The largest absolute Gasteiger partial charge is 0.338 e. The maximum absolute atomic E-state index is 13.3. The second-order valence-corrected chi connectivity index (χ2v) is 7.97. The van der Waals surface area contributed by atoms with Crippen LogP contribution in [0, 0.1) is 23.1 Å². The molecule has 1 N–H and O–H groups in total. The topological polar surface area (TPSA) is 32.3 Å². The van der Waals surface area contributed by atoms with Crippen LogP contribution in [0.1, 0.15) is 46.5 Å². The molecule has 2 amide bonds. The van der Waals surface area contributed by atoms with Crippen molar-refractivity contribution < 1.29 is 9.18 Å². The lowest BCUT2D eigenvalue weighted by Crippen LogP contribution is -2.51. The lowest BCUT2D eigenvalue weighted by molar-refractivity contribution is -0.00668. The van der Waals surface area contributed by atoms with Crippen LogP contribution in [0.5, 0.6) is 0 Å². The number of amides is 2. The van der Waals surface area contributed by atoms with E-state index in [0.29, 0.717) is 24.4 Å². The van der Waals surface area contributed by atoms with Crippen molar-refractivity contribution in [1.82, 2.24) is 5.32 Å². The zero-order chi connectivity index (χ0) is 18.0. The van der Waals surface area contributed by atoms with Gasteiger partial charge in [-0.2, -0.15) is 0 Å². The van der Waals surface area contributed by atoms with Crippen LogP contribution in [-0.4, -0.2) is 19.1 Å². The second kappa shape index (κ2) is 7.19. The first-order valence-electron chi connectivity index (χ1n) is 9.43. The molecule has 2 atom stereocenters. The fourth-order valence-corrected chi connectivity index (χ4v) is 4.21. The van der Waals surface area contributed by atoms with Crippen molar-refractivity contribution in [3.8, 4) is 0 Å². The number of hydrogen-bond acceptors (Lipinski definition) is 1. The number of nitrogens with zero attached hydrogens (tertiary/aromatic N) is 1. The van der Waals surface area contributed by atoms with Gasteiger partial charge in [-0.1, -0.05) is 38.8 Å². The Hall–Kier alpha value is -1.84. The lowest BCUT2D eigenvalue weighted by atomic mass is 9.49. The van der Waals surface area contributed by atoms with E-state index in [9.17, 15) is 9.18 Å². The van der Waals surface area contributed by atoms with Crippen molar-refractivity contribution in [1.29, 1.82) is 0 Å². The van der Waals surface area contributed by atoms with E-state index in [1.165, 1.54) is 24.1 Å². The first-order chi connectivity index (χ1) is 11.9. The number of hydrogen-bond donors (Lipinski definition) is 1. The van der Waals surface area contributed by atoms with E-state index in [4.69, 9.17) is 0 Å². The molecule has 4 rings (SSSR count). The van der Waals surface area contributed by atoms with Crippen LogP contribution < -0.4 is 10.2 Å². The number of carbonyl (C=O) groups excluding carboxylic acids is 1. The normalized spacial score (nSPS) is 23.4. The van der Waals surface area contributed by atoms with Gasteiger partial charge in [0.05, 0.1) is 0 Å². The summed E-state index contributed by atoms with van der Waals surface area (Å²) >= 11 is 0. The number of fused-ring (bicyclic) bond motifs is 1. The van der Waals surface area contributed by atoms with Crippen LogP contribution in [0.15, 0.2) is 35.9 Å². The number of nitrogens with one attached hydrogen (secondary N) is 1. The van der Waals surface area contributed by atoms with Crippen molar-refractivity contribution >= 4 is 11.7 Å². The van der Waals surface area contributed by atoms with E-state index in [-0.39, 0.29) is 11.8 Å². The predicted molar refractivity (Wildman–Crippen MR) is 100 cm³/mol. The van der Waals surface area contributed by atoms with Crippen LogP contribution in [0.25, 0.3) is 0 Å². The Labute approximate surface area is 150 Å². The number of carbonyl (C=O) groups is 1. The molecule has 0 aromatic heterocycles. The van der Waals surface area contributed by atoms with Gasteiger partial charge in [0.25, 0.3) is 0 Å². The molecule has 0 heterocycles. The van der Waals surface area contributed by atoms with E-state index >= 15 is 0 Å². The maximum Gasteiger partial charge on any atom is 0.322 e. The molecule has 2 unspecified atom stereocenters. The average molecular weight is 344 g/mol. The van der Waals surface area contributed by atoms with Gasteiger partial charge in [0.2, 0.25) is 0 Å². The molecule has 4 heteroatoms. The Bertz CT molecular complexity index is 650. The van der Waals surface area contributed by atoms with Gasteiger partial charge in [-0.3, -0.25) is 4.90 Å². The summed E-state index contributed by atoms with van der Waals surface area (Å²) in [7, 11) is 0. The highest BCUT2D eigenvalue weighted by Crippen LogP contribution is 2.59. The highest BCUT2D eigenvalue weighted by molar-refractivity contribution is 5.92. The van der Waals surface area contributed by atoms with Gasteiger partial charge in [0.1, 0.15) is 5.82 Å². The predicted octanol–water partition coefficient (Wildman–Crippen LogP) is 5.13. The molecule has 136 valence electrons. The Balaban J connectivity index is 1.78. The fraction of sp³-hybridized carbons (Fsp3) is 0.571. The highest BCUT2D eigenvalue weighted by atomic mass is 19.1. The van der Waals surface area contributed by atoms with Crippen LogP contribution in [0.3, 0.4) is 0 Å². The van der Waals surface area contributed by atoms with Gasteiger partial charge in [-0.15, -0.1) is 0 Å². The Morgan fingerprint density at radius 1 is 1.32 bits per heavy atom. The minimum absolute atomic E-state index is 0.0970. The molecule has 0 aliphatic heterocycles. The van der Waals surface area contributed by atoms with Gasteiger partial charge >= 0.3 is 6.03 Å². The molecule has 1 aromatic carbocycles. The summed E-state index contributed by atoms with van der Waals surface area (Å²) in [4.78, 5) is 14.5. The van der Waals surface area contributed by atoms with E-state index in [0.717, 1.165) is 30.9 Å². The van der Waals surface area contributed by atoms with Crippen LogP contribution in [0.2, 0.25) is 0 Å². The molecule has 3 nitrogen and oxygen atoms in total. The molecular formula is C21H29FN2O. The third-order valence-corrected chi connectivity index (χ3v) is 6.11. The van der Waals surface area contributed by atoms with Crippen LogP contribution >= 0.6 is 0 Å². The van der Waals surface area contributed by atoms with Crippen molar-refractivity contribution in [3.05, 3.63) is 41.7 Å². The number of benzene rings is 1. The maximum atomic E-state index is 13.3. The van der Waals surface area contributed by atoms with Crippen molar-refractivity contribution in [2.75, 3.05) is 18.0 Å². The van der Waals surface area contributed by atoms with Crippen LogP contribution in [-0.2, 0) is 0 Å². The van der Waals surface area contributed by atoms with Crippen molar-refractivity contribution in [2.45, 2.75) is 46.5 Å². The Morgan fingerprint density at radius 2 is 2.04 bits per heavy atom. The smallest absolute Gasteiger partial charge is 0.322 e. The number of allylic oxidation sites excluding steroid dienone is 1. The molecule has 3 aliphatic carbocycles. The van der Waals surface area contributed by atoms with Gasteiger partial charge in [-0.05, 0) is 60.8 Å². The zero-order valence-corrected chi connectivity index (χ0v) is 15.5. The van der Waals surface area contributed by atoms with Crippen molar-refractivity contribution in [3.63, 3.8) is 0 Å². The molecule has 3 aliphatic rings. The molecule has 1 saturated carbocycles. The third kappa shape index (κ3) is 3.58. The Morgan fingerprint density at radius 3 is 2.64 bits per heavy atom. The van der Waals surface area contributed by atoms with E-state index in [1.54, 1.807) is 17.0 Å². The minimum Gasteiger partial charge on any atom is -0.338 e. The van der Waals surface area contributed by atoms with Crippen LogP contribution in [0.4, 0.5) is 14.9 Å². The first kappa shape index (κ1) is 18.0. The number of rotatable bonds is 6.